The van der Waals surface area contributed by atoms with Crippen LogP contribution in [0, 0.1) is 0 Å². The van der Waals surface area contributed by atoms with Crippen molar-refractivity contribution in [3.8, 4) is 17.2 Å². The van der Waals surface area contributed by atoms with E-state index in [1.54, 1.807) is 7.11 Å². The molecule has 1 N–H and O–H groups in total. The van der Waals surface area contributed by atoms with Crippen molar-refractivity contribution in [2.45, 2.75) is 39.0 Å². The monoisotopic (exact) mass is 417 g/mol. The second-order valence-corrected chi connectivity index (χ2v) is 8.30. The summed E-state index contributed by atoms with van der Waals surface area (Å²) in [5.41, 5.74) is 3.58. The van der Waals surface area contributed by atoms with Gasteiger partial charge in [0.05, 0.1) is 7.11 Å². The summed E-state index contributed by atoms with van der Waals surface area (Å²) < 4.78 is 17.2. The number of carbonyl (C=O) groups excluding carboxylic acids is 1. The first-order valence-electron chi connectivity index (χ1n) is 10.4. The average Bonchev–Trinajstić information content (AvgIpc) is 3.11. The number of nitrogens with one attached hydrogen (secondary N) is 1. The van der Waals surface area contributed by atoms with Crippen molar-refractivity contribution in [3.05, 3.63) is 89.0 Å². The van der Waals surface area contributed by atoms with Crippen LogP contribution in [0.25, 0.3) is 0 Å². The molecule has 3 aromatic rings. The standard InChI is InChI=1S/C26H27NO4/c1-26(2)15-21-5-4-6-23(24(21)31-26)30-17-19-7-11-20(12-8-19)25(28)27-16-18-9-13-22(29-3)14-10-18/h4-14H,15-17H2,1-3H3,(H,27,28). The van der Waals surface area contributed by atoms with Gasteiger partial charge in [0.15, 0.2) is 11.5 Å². The number of carbonyl (C=O) groups is 1. The Morgan fingerprint density at radius 1 is 1.00 bits per heavy atom. The van der Waals surface area contributed by atoms with Crippen LogP contribution in [0.2, 0.25) is 0 Å². The van der Waals surface area contributed by atoms with Crippen molar-refractivity contribution in [2.24, 2.45) is 0 Å². The maximum Gasteiger partial charge on any atom is 0.251 e. The highest BCUT2D eigenvalue weighted by Crippen LogP contribution is 2.41. The lowest BCUT2D eigenvalue weighted by Crippen LogP contribution is -2.24. The van der Waals surface area contributed by atoms with Gasteiger partial charge in [-0.25, -0.2) is 0 Å². The molecule has 160 valence electrons. The molecule has 1 heterocycles. The molecule has 0 radical (unpaired) electrons. The Bertz CT molecular complexity index is 1060. The molecular formula is C26H27NO4. The van der Waals surface area contributed by atoms with Crippen molar-refractivity contribution in [1.29, 1.82) is 0 Å². The summed E-state index contributed by atoms with van der Waals surface area (Å²) in [5, 5.41) is 2.94. The third kappa shape index (κ3) is 5.00. The SMILES string of the molecule is COc1ccc(CNC(=O)c2ccc(COc3cccc4c3OC(C)(C)C4)cc2)cc1. The van der Waals surface area contributed by atoms with Crippen LogP contribution in [0.3, 0.4) is 0 Å². The first-order valence-corrected chi connectivity index (χ1v) is 10.4. The molecule has 0 aliphatic carbocycles. The molecule has 5 heteroatoms. The fourth-order valence-electron chi connectivity index (χ4n) is 3.64. The first-order chi connectivity index (χ1) is 14.9. The number of hydrogen-bond donors (Lipinski definition) is 1. The predicted molar refractivity (Wildman–Crippen MR) is 120 cm³/mol. The molecule has 1 aliphatic heterocycles. The van der Waals surface area contributed by atoms with E-state index in [-0.39, 0.29) is 11.5 Å². The Morgan fingerprint density at radius 3 is 2.42 bits per heavy atom. The van der Waals surface area contributed by atoms with Crippen molar-refractivity contribution >= 4 is 5.91 Å². The fraction of sp³-hybridized carbons (Fsp3) is 0.269. The highest BCUT2D eigenvalue weighted by atomic mass is 16.5. The van der Waals surface area contributed by atoms with Crippen molar-refractivity contribution in [2.75, 3.05) is 7.11 Å². The molecule has 31 heavy (non-hydrogen) atoms. The highest BCUT2D eigenvalue weighted by molar-refractivity contribution is 5.94. The van der Waals surface area contributed by atoms with Gasteiger partial charge in [0.1, 0.15) is 18.0 Å². The normalized spacial score (nSPS) is 13.8. The molecule has 3 aromatic carbocycles. The molecule has 0 atom stereocenters. The van der Waals surface area contributed by atoms with Gasteiger partial charge in [0.2, 0.25) is 0 Å². The second-order valence-electron chi connectivity index (χ2n) is 8.30. The van der Waals surface area contributed by atoms with Gasteiger partial charge in [0.25, 0.3) is 5.91 Å². The Kier molecular flexibility index (Phi) is 5.85. The molecule has 0 saturated heterocycles. The largest absolute Gasteiger partial charge is 0.497 e. The molecule has 1 aliphatic rings. The Balaban J connectivity index is 1.32. The molecule has 0 fully saturated rings. The minimum atomic E-state index is -0.206. The van der Waals surface area contributed by atoms with Crippen molar-refractivity contribution in [3.63, 3.8) is 0 Å². The van der Waals surface area contributed by atoms with Gasteiger partial charge in [-0.15, -0.1) is 0 Å². The third-order valence-corrected chi connectivity index (χ3v) is 5.28. The Morgan fingerprint density at radius 2 is 1.71 bits per heavy atom. The van der Waals surface area contributed by atoms with E-state index in [2.05, 4.69) is 25.2 Å². The van der Waals surface area contributed by atoms with Crippen LogP contribution in [-0.4, -0.2) is 18.6 Å². The maximum absolute atomic E-state index is 12.4. The molecule has 1 amide bonds. The zero-order valence-corrected chi connectivity index (χ0v) is 18.1. The maximum atomic E-state index is 12.4. The van der Waals surface area contributed by atoms with Crippen LogP contribution < -0.4 is 19.5 Å². The van der Waals surface area contributed by atoms with E-state index in [0.717, 1.165) is 34.8 Å². The van der Waals surface area contributed by atoms with Crippen LogP contribution in [0.4, 0.5) is 0 Å². The summed E-state index contributed by atoms with van der Waals surface area (Å²) in [5.74, 6) is 2.27. The lowest BCUT2D eigenvalue weighted by molar-refractivity contribution is 0.0951. The van der Waals surface area contributed by atoms with Crippen LogP contribution in [0.5, 0.6) is 17.2 Å². The summed E-state index contributed by atoms with van der Waals surface area (Å²) >= 11 is 0. The van der Waals surface area contributed by atoms with Crippen LogP contribution in [0.1, 0.15) is 40.9 Å². The van der Waals surface area contributed by atoms with Crippen LogP contribution in [-0.2, 0) is 19.6 Å². The van der Waals surface area contributed by atoms with Crippen molar-refractivity contribution in [1.82, 2.24) is 5.32 Å². The fourth-order valence-corrected chi connectivity index (χ4v) is 3.64. The lowest BCUT2D eigenvalue weighted by atomic mass is 10.0. The first kappa shape index (κ1) is 20.8. The Labute approximate surface area is 183 Å². The number of benzene rings is 3. The topological polar surface area (TPSA) is 56.8 Å². The number of ether oxygens (including phenoxy) is 3. The number of fused-ring (bicyclic) bond motifs is 1. The van der Waals surface area contributed by atoms with Gasteiger partial charge < -0.3 is 19.5 Å². The molecule has 0 bridgehead atoms. The van der Waals surface area contributed by atoms with Gasteiger partial charge in [-0.2, -0.15) is 0 Å². The summed E-state index contributed by atoms with van der Waals surface area (Å²) in [4.78, 5) is 12.4. The second kappa shape index (κ2) is 8.72. The van der Waals surface area contributed by atoms with Gasteiger partial charge >= 0.3 is 0 Å². The minimum absolute atomic E-state index is 0.111. The lowest BCUT2D eigenvalue weighted by Gasteiger charge is -2.18. The predicted octanol–water partition coefficient (Wildman–Crippen LogP) is 4.92. The number of rotatable bonds is 7. The van der Waals surface area contributed by atoms with Crippen LogP contribution >= 0.6 is 0 Å². The smallest absolute Gasteiger partial charge is 0.251 e. The molecule has 0 spiro atoms. The van der Waals surface area contributed by atoms with E-state index >= 15 is 0 Å². The number of para-hydroxylation sites is 1. The molecule has 5 nitrogen and oxygen atoms in total. The van der Waals surface area contributed by atoms with Gasteiger partial charge in [0, 0.05) is 24.1 Å². The molecule has 4 rings (SSSR count). The van der Waals surface area contributed by atoms with E-state index in [4.69, 9.17) is 14.2 Å². The van der Waals surface area contributed by atoms with Crippen molar-refractivity contribution < 1.29 is 19.0 Å². The summed E-state index contributed by atoms with van der Waals surface area (Å²) in [6, 6.07) is 21.1. The Hall–Kier alpha value is -3.47. The van der Waals surface area contributed by atoms with E-state index in [9.17, 15) is 4.79 Å². The third-order valence-electron chi connectivity index (χ3n) is 5.28. The van der Waals surface area contributed by atoms with E-state index in [1.165, 1.54) is 5.56 Å². The van der Waals surface area contributed by atoms with Gasteiger partial charge in [-0.1, -0.05) is 36.4 Å². The zero-order chi connectivity index (χ0) is 21.8. The summed E-state index contributed by atoms with van der Waals surface area (Å²) in [6.45, 7) is 5.03. The molecule has 0 saturated carbocycles. The minimum Gasteiger partial charge on any atom is -0.497 e. The molecule has 0 unspecified atom stereocenters. The average molecular weight is 418 g/mol. The van der Waals surface area contributed by atoms with Gasteiger partial charge in [-0.05, 0) is 55.3 Å². The van der Waals surface area contributed by atoms with Gasteiger partial charge in [-0.3, -0.25) is 4.79 Å². The number of hydrogen-bond acceptors (Lipinski definition) is 4. The highest BCUT2D eigenvalue weighted by Gasteiger charge is 2.32. The summed E-state index contributed by atoms with van der Waals surface area (Å²) in [7, 11) is 1.63. The van der Waals surface area contributed by atoms with E-state index in [1.807, 2.05) is 60.7 Å². The van der Waals surface area contributed by atoms with E-state index in [0.29, 0.717) is 18.7 Å². The molecule has 0 aromatic heterocycles. The number of amides is 1. The quantitative estimate of drug-likeness (QED) is 0.593. The zero-order valence-electron chi connectivity index (χ0n) is 18.1. The number of methoxy groups -OCH3 is 1. The van der Waals surface area contributed by atoms with E-state index < -0.39 is 0 Å². The summed E-state index contributed by atoms with van der Waals surface area (Å²) in [6.07, 6.45) is 0.875. The van der Waals surface area contributed by atoms with Crippen LogP contribution in [0.15, 0.2) is 66.7 Å². The molecular weight excluding hydrogens is 390 g/mol.